The number of amides is 1. The van der Waals surface area contributed by atoms with Crippen LogP contribution in [0.25, 0.3) is 28.4 Å². The second-order valence-corrected chi connectivity index (χ2v) is 8.00. The van der Waals surface area contributed by atoms with Crippen molar-refractivity contribution in [3.8, 4) is 11.3 Å². The maximum Gasteiger partial charge on any atom is 0.261 e. The second kappa shape index (κ2) is 9.59. The molecule has 33 heavy (non-hydrogen) atoms. The van der Waals surface area contributed by atoms with Gasteiger partial charge in [-0.2, -0.15) is 5.10 Å². The molecule has 11 heteroatoms. The molecule has 4 aromatic rings. The lowest BCUT2D eigenvalue weighted by molar-refractivity contribution is 0.100. The molecular formula is C22H21N7O3S. The zero-order valence-corrected chi connectivity index (χ0v) is 18.2. The van der Waals surface area contributed by atoms with Crippen LogP contribution in [0.15, 0.2) is 67.1 Å². The van der Waals surface area contributed by atoms with Crippen LogP contribution in [0.5, 0.6) is 0 Å². The van der Waals surface area contributed by atoms with Crippen molar-refractivity contribution in [3.63, 3.8) is 0 Å². The van der Waals surface area contributed by atoms with E-state index < -0.39 is 17.2 Å². The van der Waals surface area contributed by atoms with Gasteiger partial charge in [0.1, 0.15) is 17.8 Å². The quantitative estimate of drug-likeness (QED) is 0.339. The summed E-state index contributed by atoms with van der Waals surface area (Å²) in [5.74, 6) is -0.271. The van der Waals surface area contributed by atoms with E-state index in [0.29, 0.717) is 27.9 Å². The van der Waals surface area contributed by atoms with E-state index in [4.69, 9.17) is 11.5 Å². The van der Waals surface area contributed by atoms with E-state index >= 15 is 0 Å². The molecule has 5 N–H and O–H groups in total. The van der Waals surface area contributed by atoms with Gasteiger partial charge in [0.2, 0.25) is 5.91 Å². The van der Waals surface area contributed by atoms with Crippen LogP contribution in [0.2, 0.25) is 0 Å². The fourth-order valence-corrected chi connectivity index (χ4v) is 3.71. The Kier molecular flexibility index (Phi) is 6.43. The molecule has 0 fully saturated rings. The number of nitrogen functional groups attached to an aromatic ring is 1. The van der Waals surface area contributed by atoms with Crippen LogP contribution in [-0.4, -0.2) is 45.3 Å². The highest BCUT2D eigenvalue weighted by atomic mass is 32.2. The number of nitrogens with zero attached hydrogens (tertiary/aromatic N) is 5. The van der Waals surface area contributed by atoms with Gasteiger partial charge in [-0.15, -0.1) is 0 Å². The average Bonchev–Trinajstić information content (AvgIpc) is 3.19. The smallest absolute Gasteiger partial charge is 0.261 e. The van der Waals surface area contributed by atoms with Crippen LogP contribution >= 0.6 is 0 Å². The normalized spacial score (nSPS) is 12.3. The maximum absolute atomic E-state index is 11.8. The largest absolute Gasteiger partial charge is 0.383 e. The molecule has 4 rings (SSSR count). The number of fused-ring (bicyclic) bond motifs is 1. The van der Waals surface area contributed by atoms with E-state index in [2.05, 4.69) is 15.1 Å². The van der Waals surface area contributed by atoms with Gasteiger partial charge in [-0.05, 0) is 23.8 Å². The minimum Gasteiger partial charge on any atom is -0.383 e. The molecule has 2 aromatic carbocycles. The highest BCUT2D eigenvalue weighted by Crippen LogP contribution is 2.30. The molecule has 0 spiro atoms. The van der Waals surface area contributed by atoms with Crippen molar-refractivity contribution in [2.24, 2.45) is 5.73 Å². The first kappa shape index (κ1) is 22.1. The molecule has 2 aromatic heterocycles. The fraction of sp³-hybridized carbons (Fsp3) is 0.0909. The van der Waals surface area contributed by atoms with E-state index in [0.717, 1.165) is 5.56 Å². The molecule has 0 saturated carbocycles. The summed E-state index contributed by atoms with van der Waals surface area (Å²) in [5.41, 5.74) is 14.4. The molecule has 10 nitrogen and oxygen atoms in total. The number of hydrogen-bond donors (Lipinski definition) is 3. The van der Waals surface area contributed by atoms with E-state index in [1.807, 2.05) is 30.3 Å². The summed E-state index contributed by atoms with van der Waals surface area (Å²) in [6, 6.07) is 16.1. The maximum atomic E-state index is 11.8. The molecule has 2 heterocycles. The standard InChI is InChI=1S/C22H21N7O3S/c23-20-18-19(16-6-8-17(9-7-16)21(24)30)27-29(22(18)26-14-25-20)13-12-28(33(31)32)11-10-15-4-2-1-3-5-15/h1-11,14H,12-13H2,(H2,24,30)(H,31,32)(H2,23,25,26). The van der Waals surface area contributed by atoms with Crippen LogP contribution in [0.3, 0.4) is 0 Å². The Labute approximate surface area is 192 Å². The lowest BCUT2D eigenvalue weighted by atomic mass is 10.1. The van der Waals surface area contributed by atoms with Gasteiger partial charge in [-0.25, -0.2) is 18.9 Å². The van der Waals surface area contributed by atoms with Gasteiger partial charge in [-0.1, -0.05) is 42.5 Å². The predicted octanol–water partition coefficient (Wildman–Crippen LogP) is 2.28. The number of primary amides is 1. The number of carbonyl (C=O) groups is 1. The summed E-state index contributed by atoms with van der Waals surface area (Å²) in [4.78, 5) is 19.8. The number of aromatic nitrogens is 4. The Morgan fingerprint density at radius 3 is 2.52 bits per heavy atom. The summed E-state index contributed by atoms with van der Waals surface area (Å²) in [5, 5.41) is 5.19. The third-order valence-electron chi connectivity index (χ3n) is 4.97. The first-order valence-corrected chi connectivity index (χ1v) is 11.0. The van der Waals surface area contributed by atoms with E-state index in [9.17, 15) is 13.6 Å². The third-order valence-corrected chi connectivity index (χ3v) is 5.67. The number of carbonyl (C=O) groups excluding carboxylic acids is 1. The monoisotopic (exact) mass is 463 g/mol. The van der Waals surface area contributed by atoms with E-state index in [-0.39, 0.29) is 18.9 Å². The molecule has 0 bridgehead atoms. The van der Waals surface area contributed by atoms with Crippen LogP contribution in [0.4, 0.5) is 5.82 Å². The molecule has 1 unspecified atom stereocenters. The number of benzene rings is 2. The molecule has 0 aliphatic rings. The molecular weight excluding hydrogens is 442 g/mol. The summed E-state index contributed by atoms with van der Waals surface area (Å²) >= 11 is -2.22. The van der Waals surface area contributed by atoms with Crippen molar-refractivity contribution >= 4 is 40.1 Å². The number of rotatable bonds is 8. The van der Waals surface area contributed by atoms with Gasteiger partial charge in [0.25, 0.3) is 11.3 Å². The number of nitrogens with two attached hydrogens (primary N) is 2. The van der Waals surface area contributed by atoms with E-state index in [1.54, 1.807) is 41.2 Å². The Morgan fingerprint density at radius 1 is 1.12 bits per heavy atom. The lowest BCUT2D eigenvalue weighted by Gasteiger charge is -2.15. The zero-order valence-electron chi connectivity index (χ0n) is 17.4. The Morgan fingerprint density at radius 2 is 1.85 bits per heavy atom. The van der Waals surface area contributed by atoms with Crippen molar-refractivity contribution in [2.75, 3.05) is 12.3 Å². The number of hydrogen-bond acceptors (Lipinski definition) is 6. The van der Waals surface area contributed by atoms with Gasteiger partial charge in [0.05, 0.1) is 18.5 Å². The van der Waals surface area contributed by atoms with Crippen molar-refractivity contribution in [2.45, 2.75) is 6.54 Å². The van der Waals surface area contributed by atoms with Gasteiger partial charge in [-0.3, -0.25) is 13.7 Å². The average molecular weight is 464 g/mol. The summed E-state index contributed by atoms with van der Waals surface area (Å²) in [6.45, 7) is 0.449. The van der Waals surface area contributed by atoms with Gasteiger partial charge in [0.15, 0.2) is 5.65 Å². The van der Waals surface area contributed by atoms with Gasteiger partial charge < -0.3 is 11.5 Å². The van der Waals surface area contributed by atoms with Crippen LogP contribution in [-0.2, 0) is 17.8 Å². The topological polar surface area (TPSA) is 153 Å². The third kappa shape index (κ3) is 4.89. The molecule has 0 aliphatic carbocycles. The Balaban J connectivity index is 1.64. The highest BCUT2D eigenvalue weighted by molar-refractivity contribution is 7.76. The molecule has 168 valence electrons. The summed E-state index contributed by atoms with van der Waals surface area (Å²) in [6.07, 6.45) is 4.65. The van der Waals surface area contributed by atoms with Crippen molar-refractivity contribution < 1.29 is 13.6 Å². The van der Waals surface area contributed by atoms with Crippen molar-refractivity contribution in [3.05, 3.63) is 78.3 Å². The number of anilines is 1. The summed E-state index contributed by atoms with van der Waals surface area (Å²) in [7, 11) is 0. The van der Waals surface area contributed by atoms with Crippen LogP contribution in [0.1, 0.15) is 15.9 Å². The predicted molar refractivity (Wildman–Crippen MR) is 127 cm³/mol. The highest BCUT2D eigenvalue weighted by Gasteiger charge is 2.18. The fourth-order valence-electron chi connectivity index (χ4n) is 3.31. The van der Waals surface area contributed by atoms with Gasteiger partial charge in [0, 0.05) is 17.3 Å². The van der Waals surface area contributed by atoms with Gasteiger partial charge >= 0.3 is 0 Å². The van der Waals surface area contributed by atoms with Crippen LogP contribution < -0.4 is 11.5 Å². The Bertz CT molecular complexity index is 1340. The van der Waals surface area contributed by atoms with Crippen molar-refractivity contribution in [1.82, 2.24) is 24.1 Å². The lowest BCUT2D eigenvalue weighted by Crippen LogP contribution is -2.24. The molecule has 0 aliphatic heterocycles. The first-order chi connectivity index (χ1) is 15.9. The Hall–Kier alpha value is -4.09. The first-order valence-electron chi connectivity index (χ1n) is 9.92. The van der Waals surface area contributed by atoms with Crippen molar-refractivity contribution in [1.29, 1.82) is 0 Å². The van der Waals surface area contributed by atoms with Crippen LogP contribution in [0, 0.1) is 0 Å². The second-order valence-electron chi connectivity index (χ2n) is 7.07. The molecule has 0 radical (unpaired) electrons. The zero-order chi connectivity index (χ0) is 23.4. The minimum atomic E-state index is -2.22. The van der Waals surface area contributed by atoms with E-state index in [1.165, 1.54) is 10.6 Å². The summed E-state index contributed by atoms with van der Waals surface area (Å²) < 4.78 is 24.5. The SMILES string of the molecule is NC(=O)c1ccc(-c2nn(CCN(C=Cc3ccccc3)S(=O)O)c3ncnc(N)c23)cc1. The molecule has 1 atom stereocenters. The molecule has 0 saturated heterocycles. The minimum absolute atomic E-state index is 0.188. The molecule has 1 amide bonds.